The molecule has 1 aliphatic heterocycles. The number of carbonyl (C=O) groups is 2. The lowest BCUT2D eigenvalue weighted by atomic mass is 10.1. The van der Waals surface area contributed by atoms with Crippen molar-refractivity contribution in [3.63, 3.8) is 0 Å². The predicted molar refractivity (Wildman–Crippen MR) is 104 cm³/mol. The number of carbonyl (C=O) groups excluding carboxylic acids is 2. The molecule has 0 radical (unpaired) electrons. The van der Waals surface area contributed by atoms with Gasteiger partial charge in [-0.1, -0.05) is 0 Å². The molecule has 0 bridgehead atoms. The van der Waals surface area contributed by atoms with Crippen molar-refractivity contribution in [3.8, 4) is 22.8 Å². The van der Waals surface area contributed by atoms with E-state index in [1.807, 2.05) is 24.3 Å². The lowest BCUT2D eigenvalue weighted by Gasteiger charge is -2.23. The number of aromatic amines is 1. The molecule has 3 N–H and O–H groups in total. The number of rotatable bonds is 4. The highest BCUT2D eigenvalue weighted by Gasteiger charge is 2.24. The number of nitrogens with zero attached hydrogens (tertiary/aromatic N) is 1. The smallest absolute Gasteiger partial charge is 0.265 e. The van der Waals surface area contributed by atoms with Gasteiger partial charge in [-0.05, 0) is 49.4 Å². The lowest BCUT2D eigenvalue weighted by Crippen LogP contribution is -2.34. The van der Waals surface area contributed by atoms with Crippen molar-refractivity contribution in [2.24, 2.45) is 0 Å². The molecular weight excluding hydrogens is 360 g/mol. The third kappa shape index (κ3) is 3.27. The zero-order valence-corrected chi connectivity index (χ0v) is 15.3. The topological polar surface area (TPSA) is 105 Å². The first-order valence-corrected chi connectivity index (χ1v) is 8.66. The highest BCUT2D eigenvalue weighted by molar-refractivity contribution is 6.08. The van der Waals surface area contributed by atoms with Gasteiger partial charge in [0.1, 0.15) is 11.5 Å². The zero-order valence-electron chi connectivity index (χ0n) is 15.3. The van der Waals surface area contributed by atoms with E-state index in [-0.39, 0.29) is 11.8 Å². The van der Waals surface area contributed by atoms with E-state index < -0.39 is 6.10 Å². The van der Waals surface area contributed by atoms with Crippen LogP contribution in [0.15, 0.2) is 48.7 Å². The molecule has 1 unspecified atom stereocenters. The van der Waals surface area contributed by atoms with E-state index in [0.29, 0.717) is 28.4 Å². The summed E-state index contributed by atoms with van der Waals surface area (Å²) in [5, 5.41) is 12.4. The summed E-state index contributed by atoms with van der Waals surface area (Å²) in [5.41, 5.74) is 2.86. The molecule has 3 aromatic rings. The van der Waals surface area contributed by atoms with Crippen LogP contribution in [0.25, 0.3) is 11.3 Å². The second-order valence-corrected chi connectivity index (χ2v) is 6.30. The van der Waals surface area contributed by atoms with Gasteiger partial charge in [-0.2, -0.15) is 5.10 Å². The molecule has 4 rings (SSSR count). The fourth-order valence-electron chi connectivity index (χ4n) is 2.92. The van der Waals surface area contributed by atoms with Gasteiger partial charge in [0.2, 0.25) is 0 Å². The van der Waals surface area contributed by atoms with Crippen LogP contribution in [0.5, 0.6) is 11.5 Å². The predicted octanol–water partition coefficient (Wildman–Crippen LogP) is 3.06. The van der Waals surface area contributed by atoms with Crippen LogP contribution in [0.3, 0.4) is 0 Å². The highest BCUT2D eigenvalue weighted by Crippen LogP contribution is 2.32. The minimum Gasteiger partial charge on any atom is -0.497 e. The molecule has 0 spiro atoms. The number of aromatic nitrogens is 2. The number of anilines is 2. The van der Waals surface area contributed by atoms with Gasteiger partial charge in [-0.3, -0.25) is 14.7 Å². The lowest BCUT2D eigenvalue weighted by molar-refractivity contribution is -0.122. The monoisotopic (exact) mass is 378 g/mol. The number of hydrogen-bond acceptors (Lipinski definition) is 5. The van der Waals surface area contributed by atoms with Gasteiger partial charge >= 0.3 is 0 Å². The van der Waals surface area contributed by atoms with Crippen molar-refractivity contribution in [1.29, 1.82) is 0 Å². The summed E-state index contributed by atoms with van der Waals surface area (Å²) in [6.07, 6.45) is 0.922. The van der Waals surface area contributed by atoms with Gasteiger partial charge in [0, 0.05) is 11.3 Å². The van der Waals surface area contributed by atoms with E-state index in [4.69, 9.17) is 9.47 Å². The molecule has 8 nitrogen and oxygen atoms in total. The maximum Gasteiger partial charge on any atom is 0.265 e. The molecule has 1 aliphatic rings. The molecule has 2 heterocycles. The Labute approximate surface area is 160 Å². The van der Waals surface area contributed by atoms with Crippen LogP contribution < -0.4 is 20.1 Å². The number of fused-ring (bicyclic) bond motifs is 1. The van der Waals surface area contributed by atoms with Gasteiger partial charge in [0.25, 0.3) is 11.8 Å². The summed E-state index contributed by atoms with van der Waals surface area (Å²) in [6, 6.07) is 12.4. The van der Waals surface area contributed by atoms with Gasteiger partial charge in [0.05, 0.1) is 30.3 Å². The van der Waals surface area contributed by atoms with Crippen LogP contribution in [0.1, 0.15) is 17.3 Å². The molecule has 0 saturated carbocycles. The Hall–Kier alpha value is -3.81. The number of amides is 2. The maximum atomic E-state index is 12.8. The van der Waals surface area contributed by atoms with E-state index in [9.17, 15) is 9.59 Å². The van der Waals surface area contributed by atoms with Crippen molar-refractivity contribution in [2.75, 3.05) is 17.7 Å². The SMILES string of the molecule is COc1ccc(-c2[nH]ncc2C(=O)Nc2ccc3c(c2)NC(=O)C(C)O3)cc1. The van der Waals surface area contributed by atoms with E-state index >= 15 is 0 Å². The van der Waals surface area contributed by atoms with Crippen LogP contribution in [0.2, 0.25) is 0 Å². The van der Waals surface area contributed by atoms with Crippen molar-refractivity contribution in [1.82, 2.24) is 10.2 Å². The molecule has 0 aliphatic carbocycles. The molecule has 1 atom stereocenters. The number of nitrogens with one attached hydrogen (secondary N) is 3. The fraction of sp³-hybridized carbons (Fsp3) is 0.150. The number of hydrogen-bond donors (Lipinski definition) is 3. The first kappa shape index (κ1) is 17.6. The molecule has 2 amide bonds. The number of H-pyrrole nitrogens is 1. The normalized spacial score (nSPS) is 15.2. The van der Waals surface area contributed by atoms with E-state index in [2.05, 4.69) is 20.8 Å². The second kappa shape index (κ2) is 7.07. The average Bonchev–Trinajstić information content (AvgIpc) is 3.19. The van der Waals surface area contributed by atoms with Crippen molar-refractivity contribution in [2.45, 2.75) is 13.0 Å². The van der Waals surface area contributed by atoms with Crippen LogP contribution in [-0.2, 0) is 4.79 Å². The highest BCUT2D eigenvalue weighted by atomic mass is 16.5. The third-order valence-corrected chi connectivity index (χ3v) is 4.43. The Balaban J connectivity index is 1.56. The minimum absolute atomic E-state index is 0.229. The molecule has 142 valence electrons. The molecule has 28 heavy (non-hydrogen) atoms. The summed E-state index contributed by atoms with van der Waals surface area (Å²) in [6.45, 7) is 1.67. The van der Waals surface area contributed by atoms with E-state index in [1.165, 1.54) is 6.20 Å². The number of methoxy groups -OCH3 is 1. The second-order valence-electron chi connectivity index (χ2n) is 6.30. The summed E-state index contributed by atoms with van der Waals surface area (Å²) >= 11 is 0. The van der Waals surface area contributed by atoms with E-state index in [0.717, 1.165) is 11.3 Å². The Morgan fingerprint density at radius 2 is 2.00 bits per heavy atom. The molecule has 0 fully saturated rings. The molecule has 1 aromatic heterocycles. The van der Waals surface area contributed by atoms with E-state index in [1.54, 1.807) is 32.2 Å². The average molecular weight is 378 g/mol. The third-order valence-electron chi connectivity index (χ3n) is 4.43. The van der Waals surface area contributed by atoms with Crippen LogP contribution in [0.4, 0.5) is 11.4 Å². The van der Waals surface area contributed by atoms with Crippen LogP contribution >= 0.6 is 0 Å². The number of ether oxygens (including phenoxy) is 2. The van der Waals surface area contributed by atoms with Crippen LogP contribution in [-0.4, -0.2) is 35.2 Å². The zero-order chi connectivity index (χ0) is 19.7. The van der Waals surface area contributed by atoms with Crippen LogP contribution in [0, 0.1) is 0 Å². The Morgan fingerprint density at radius 1 is 1.21 bits per heavy atom. The molecule has 2 aromatic carbocycles. The Bertz CT molecular complexity index is 1040. The van der Waals surface area contributed by atoms with Crippen molar-refractivity contribution < 1.29 is 19.1 Å². The summed E-state index contributed by atoms with van der Waals surface area (Å²) in [5.74, 6) is 0.734. The summed E-state index contributed by atoms with van der Waals surface area (Å²) in [7, 11) is 1.59. The Kier molecular flexibility index (Phi) is 4.44. The molecular formula is C20H18N4O4. The Morgan fingerprint density at radius 3 is 2.75 bits per heavy atom. The molecule has 0 saturated heterocycles. The van der Waals surface area contributed by atoms with Crippen molar-refractivity contribution in [3.05, 3.63) is 54.2 Å². The first-order chi connectivity index (χ1) is 13.5. The van der Waals surface area contributed by atoms with Gasteiger partial charge in [0.15, 0.2) is 6.10 Å². The maximum absolute atomic E-state index is 12.8. The molecule has 8 heteroatoms. The standard InChI is InChI=1S/C20H18N4O4/c1-11-19(25)23-16-9-13(5-8-17(16)28-11)22-20(26)15-10-21-24-18(15)12-3-6-14(27-2)7-4-12/h3-11H,1-2H3,(H,21,24)(H,22,26)(H,23,25). The summed E-state index contributed by atoms with van der Waals surface area (Å²) < 4.78 is 10.7. The van der Waals surface area contributed by atoms with Crippen molar-refractivity contribution >= 4 is 23.2 Å². The quantitative estimate of drug-likeness (QED) is 0.647. The number of benzene rings is 2. The van der Waals surface area contributed by atoms with Gasteiger partial charge in [-0.15, -0.1) is 0 Å². The minimum atomic E-state index is -0.550. The van der Waals surface area contributed by atoms with Gasteiger partial charge < -0.3 is 20.1 Å². The summed E-state index contributed by atoms with van der Waals surface area (Å²) in [4.78, 5) is 24.5. The van der Waals surface area contributed by atoms with Gasteiger partial charge in [-0.25, -0.2) is 0 Å². The first-order valence-electron chi connectivity index (χ1n) is 8.66. The largest absolute Gasteiger partial charge is 0.497 e. The fourth-order valence-corrected chi connectivity index (χ4v) is 2.92.